The van der Waals surface area contributed by atoms with Crippen LogP contribution in [0.2, 0.25) is 0 Å². The fourth-order valence-corrected chi connectivity index (χ4v) is 6.20. The molecule has 0 aliphatic carbocycles. The van der Waals surface area contributed by atoms with Gasteiger partial charge in [0.2, 0.25) is 12.7 Å². The lowest BCUT2D eigenvalue weighted by Crippen LogP contribution is -2.44. The molecule has 5 rings (SSSR count). The molecule has 1 saturated heterocycles. The zero-order chi connectivity index (χ0) is 29.3. The highest BCUT2D eigenvalue weighted by Gasteiger charge is 2.51. The minimum absolute atomic E-state index is 0.143. The Morgan fingerprint density at radius 2 is 1.85 bits per heavy atom. The van der Waals surface area contributed by atoms with E-state index in [0.717, 1.165) is 15.3 Å². The highest BCUT2D eigenvalue weighted by molar-refractivity contribution is 7.17. The second-order valence-corrected chi connectivity index (χ2v) is 10.7. The van der Waals surface area contributed by atoms with Gasteiger partial charge in [0.25, 0.3) is 5.91 Å². The van der Waals surface area contributed by atoms with Gasteiger partial charge >= 0.3 is 12.0 Å². The van der Waals surface area contributed by atoms with E-state index in [1.807, 2.05) is 18.2 Å². The van der Waals surface area contributed by atoms with E-state index in [-0.39, 0.29) is 30.4 Å². The highest BCUT2D eigenvalue weighted by atomic mass is 32.1. The number of benzene rings is 2. The molecular weight excluding hydrogens is 553 g/mol. The molecule has 41 heavy (non-hydrogen) atoms. The van der Waals surface area contributed by atoms with E-state index in [1.165, 1.54) is 35.6 Å². The Labute approximate surface area is 239 Å². The average molecular weight is 582 g/mol. The van der Waals surface area contributed by atoms with Gasteiger partial charge < -0.3 is 24.8 Å². The van der Waals surface area contributed by atoms with Crippen molar-refractivity contribution in [2.24, 2.45) is 0 Å². The number of halogens is 1. The third-order valence-electron chi connectivity index (χ3n) is 7.12. The number of imide groups is 1. The van der Waals surface area contributed by atoms with Crippen molar-refractivity contribution in [1.82, 2.24) is 10.2 Å². The standard InChI is InChI=1S/C29H28FN3O7S/c1-4-29(18-7-9-19(30)10-8-18)27(36)33(28(37)32-29)14-23(34)31-25-24(26(35)38-5-2)16(3)22(41-25)13-17-6-11-20-21(12-17)40-15-39-20/h6-12H,4-5,13-15H2,1-3H3,(H,31,34)(H,32,37). The second kappa shape index (κ2) is 11.2. The largest absolute Gasteiger partial charge is 0.462 e. The summed E-state index contributed by atoms with van der Waals surface area (Å²) in [6.07, 6.45) is 0.654. The first kappa shape index (κ1) is 28.1. The lowest BCUT2D eigenvalue weighted by molar-refractivity contribution is -0.134. The maximum Gasteiger partial charge on any atom is 0.341 e. The van der Waals surface area contributed by atoms with Crippen LogP contribution in [-0.2, 0) is 26.3 Å². The van der Waals surface area contributed by atoms with Crippen LogP contribution < -0.4 is 20.1 Å². The summed E-state index contributed by atoms with van der Waals surface area (Å²) in [7, 11) is 0. The van der Waals surface area contributed by atoms with Crippen LogP contribution in [-0.4, -0.2) is 48.7 Å². The minimum atomic E-state index is -1.42. The van der Waals surface area contributed by atoms with Crippen molar-refractivity contribution in [2.75, 3.05) is 25.3 Å². The van der Waals surface area contributed by atoms with E-state index in [0.29, 0.717) is 29.0 Å². The first-order valence-corrected chi connectivity index (χ1v) is 13.9. The lowest BCUT2D eigenvalue weighted by Gasteiger charge is -2.25. The number of hydrogen-bond donors (Lipinski definition) is 2. The van der Waals surface area contributed by atoms with Gasteiger partial charge in [0.1, 0.15) is 22.9 Å². The van der Waals surface area contributed by atoms with E-state index in [9.17, 15) is 23.6 Å². The van der Waals surface area contributed by atoms with Crippen molar-refractivity contribution >= 4 is 40.2 Å². The summed E-state index contributed by atoms with van der Waals surface area (Å²) >= 11 is 1.21. The van der Waals surface area contributed by atoms with Crippen LogP contribution in [0.3, 0.4) is 0 Å². The molecule has 1 fully saturated rings. The maximum absolute atomic E-state index is 13.5. The number of thiophene rings is 1. The molecule has 1 unspecified atom stereocenters. The monoisotopic (exact) mass is 581 g/mol. The number of nitrogens with one attached hydrogen (secondary N) is 2. The number of hydrogen-bond acceptors (Lipinski definition) is 8. The van der Waals surface area contributed by atoms with Gasteiger partial charge in [-0.25, -0.2) is 14.0 Å². The molecule has 0 bridgehead atoms. The number of anilines is 1. The van der Waals surface area contributed by atoms with Gasteiger partial charge in [-0.2, -0.15) is 0 Å². The first-order chi connectivity index (χ1) is 19.7. The van der Waals surface area contributed by atoms with Crippen LogP contribution in [0.15, 0.2) is 42.5 Å². The van der Waals surface area contributed by atoms with Gasteiger partial charge in [0.15, 0.2) is 11.5 Å². The van der Waals surface area contributed by atoms with Gasteiger partial charge in [-0.1, -0.05) is 25.1 Å². The van der Waals surface area contributed by atoms with E-state index in [4.69, 9.17) is 14.2 Å². The van der Waals surface area contributed by atoms with Crippen LogP contribution >= 0.6 is 11.3 Å². The third kappa shape index (κ3) is 5.22. The number of fused-ring (bicyclic) bond motifs is 1. The molecule has 2 aliphatic rings. The molecule has 1 aromatic heterocycles. The van der Waals surface area contributed by atoms with E-state index < -0.39 is 41.7 Å². The van der Waals surface area contributed by atoms with Crippen molar-refractivity contribution in [3.63, 3.8) is 0 Å². The molecule has 214 valence electrons. The van der Waals surface area contributed by atoms with Crippen molar-refractivity contribution in [3.8, 4) is 11.5 Å². The van der Waals surface area contributed by atoms with Gasteiger partial charge in [-0.05, 0) is 61.2 Å². The number of esters is 1. The summed E-state index contributed by atoms with van der Waals surface area (Å²) in [6.45, 7) is 4.89. The van der Waals surface area contributed by atoms with Crippen LogP contribution in [0.1, 0.15) is 52.2 Å². The van der Waals surface area contributed by atoms with Gasteiger partial charge in [-0.15, -0.1) is 11.3 Å². The molecule has 4 amide bonds. The van der Waals surface area contributed by atoms with Crippen LogP contribution in [0.4, 0.5) is 14.2 Å². The summed E-state index contributed by atoms with van der Waals surface area (Å²) in [6, 6.07) is 10.1. The summed E-state index contributed by atoms with van der Waals surface area (Å²) in [5.74, 6) is -1.07. The van der Waals surface area contributed by atoms with Crippen molar-refractivity contribution in [2.45, 2.75) is 39.2 Å². The fraction of sp³-hybridized carbons (Fsp3) is 0.310. The van der Waals surface area contributed by atoms with Crippen LogP contribution in [0.5, 0.6) is 11.5 Å². The number of carbonyl (C=O) groups is 4. The van der Waals surface area contributed by atoms with Crippen molar-refractivity contribution in [3.05, 3.63) is 75.4 Å². The Hall–Kier alpha value is -4.45. The predicted octanol–water partition coefficient (Wildman–Crippen LogP) is 4.49. The average Bonchev–Trinajstić information content (AvgIpc) is 3.60. The molecule has 0 spiro atoms. The first-order valence-electron chi connectivity index (χ1n) is 13.0. The third-order valence-corrected chi connectivity index (χ3v) is 8.33. The SMILES string of the molecule is CCOC(=O)c1c(NC(=O)CN2C(=O)NC(CC)(c3ccc(F)cc3)C2=O)sc(Cc2ccc3c(c2)OCO3)c1C. The normalized spacial score (nSPS) is 17.5. The molecule has 12 heteroatoms. The minimum Gasteiger partial charge on any atom is -0.462 e. The second-order valence-electron chi connectivity index (χ2n) is 9.57. The Morgan fingerprint density at radius 3 is 2.56 bits per heavy atom. The zero-order valence-electron chi connectivity index (χ0n) is 22.7. The Balaban J connectivity index is 1.37. The Kier molecular flexibility index (Phi) is 7.68. The zero-order valence-corrected chi connectivity index (χ0v) is 23.5. The highest BCUT2D eigenvalue weighted by Crippen LogP contribution is 2.38. The number of rotatable bonds is 9. The maximum atomic E-state index is 13.5. The number of urea groups is 1. The molecule has 2 aromatic carbocycles. The molecule has 2 N–H and O–H groups in total. The van der Waals surface area contributed by atoms with Crippen molar-refractivity contribution < 1.29 is 37.8 Å². The number of ether oxygens (including phenoxy) is 3. The summed E-state index contributed by atoms with van der Waals surface area (Å²) in [5, 5.41) is 5.64. The topological polar surface area (TPSA) is 123 Å². The smallest absolute Gasteiger partial charge is 0.341 e. The Bertz CT molecular complexity index is 1540. The van der Waals surface area contributed by atoms with Crippen LogP contribution in [0, 0.1) is 12.7 Å². The van der Waals surface area contributed by atoms with E-state index in [1.54, 1.807) is 20.8 Å². The molecule has 3 aromatic rings. The predicted molar refractivity (Wildman–Crippen MR) is 148 cm³/mol. The van der Waals surface area contributed by atoms with Crippen molar-refractivity contribution in [1.29, 1.82) is 0 Å². The number of amides is 4. The van der Waals surface area contributed by atoms with Gasteiger partial charge in [0, 0.05) is 11.3 Å². The molecule has 0 radical (unpaired) electrons. The number of carbonyl (C=O) groups excluding carboxylic acids is 4. The fourth-order valence-electron chi connectivity index (χ4n) is 4.96. The van der Waals surface area contributed by atoms with Gasteiger partial charge in [-0.3, -0.25) is 14.5 Å². The quantitative estimate of drug-likeness (QED) is 0.282. The molecule has 2 aliphatic heterocycles. The molecule has 3 heterocycles. The van der Waals surface area contributed by atoms with Gasteiger partial charge in [0.05, 0.1) is 12.2 Å². The van der Waals surface area contributed by atoms with Crippen LogP contribution in [0.25, 0.3) is 0 Å². The summed E-state index contributed by atoms with van der Waals surface area (Å²) in [4.78, 5) is 54.0. The molecule has 1 atom stereocenters. The number of nitrogens with zero attached hydrogens (tertiary/aromatic N) is 1. The van der Waals surface area contributed by atoms with E-state index >= 15 is 0 Å². The molecular formula is C29H28FN3O7S. The van der Waals surface area contributed by atoms with E-state index in [2.05, 4.69) is 10.6 Å². The molecule has 0 saturated carbocycles. The lowest BCUT2D eigenvalue weighted by atomic mass is 9.87. The summed E-state index contributed by atoms with van der Waals surface area (Å²) < 4.78 is 29.6. The molecule has 10 nitrogen and oxygen atoms in total. The summed E-state index contributed by atoms with van der Waals surface area (Å²) in [5.41, 5.74) is 0.778. The Morgan fingerprint density at radius 1 is 1.12 bits per heavy atom.